The van der Waals surface area contributed by atoms with Gasteiger partial charge in [0.2, 0.25) is 17.3 Å². The minimum atomic E-state index is -2.27. The molecular formula is C35H42FNO10. The van der Waals surface area contributed by atoms with Crippen LogP contribution in [0, 0.1) is 38.7 Å². The Morgan fingerprint density at radius 2 is 1.83 bits per heavy atom. The number of benzene rings is 1. The number of esters is 1. The predicted octanol–water partition coefficient (Wildman–Crippen LogP) is 5.26. The van der Waals surface area contributed by atoms with Crippen LogP contribution in [-0.2, 0) is 46.6 Å². The highest BCUT2D eigenvalue weighted by atomic mass is 19.1. The van der Waals surface area contributed by atoms with Crippen molar-refractivity contribution in [2.75, 3.05) is 6.61 Å². The van der Waals surface area contributed by atoms with E-state index in [4.69, 9.17) is 14.2 Å². The van der Waals surface area contributed by atoms with Gasteiger partial charge in [-0.3, -0.25) is 14.4 Å². The van der Waals surface area contributed by atoms with Crippen LogP contribution in [0.4, 0.5) is 4.39 Å². The van der Waals surface area contributed by atoms with Crippen LogP contribution in [0.3, 0.4) is 0 Å². The van der Waals surface area contributed by atoms with Crippen molar-refractivity contribution >= 4 is 17.5 Å². The van der Waals surface area contributed by atoms with Crippen molar-refractivity contribution in [1.82, 2.24) is 0 Å². The van der Waals surface area contributed by atoms with Gasteiger partial charge in [-0.2, -0.15) is 0 Å². The first-order chi connectivity index (χ1) is 22.2. The van der Waals surface area contributed by atoms with Crippen molar-refractivity contribution in [1.29, 1.82) is 0 Å². The minimum absolute atomic E-state index is 0.103. The predicted molar refractivity (Wildman–Crippen MR) is 163 cm³/mol. The van der Waals surface area contributed by atoms with Gasteiger partial charge < -0.3 is 24.2 Å². The van der Waals surface area contributed by atoms with Crippen LogP contribution in [0.2, 0.25) is 0 Å². The lowest BCUT2D eigenvalue weighted by Gasteiger charge is -2.64. The molecule has 3 saturated carbocycles. The van der Waals surface area contributed by atoms with E-state index in [2.05, 4.69) is 4.84 Å². The molecule has 12 heteroatoms. The number of alkyl halides is 1. The molecule has 1 heterocycles. The average Bonchev–Trinajstić information content (AvgIpc) is 3.24. The summed E-state index contributed by atoms with van der Waals surface area (Å²) in [4.78, 5) is 56.3. The van der Waals surface area contributed by atoms with E-state index in [1.807, 2.05) is 20.8 Å². The number of hydrogen-bond acceptors (Lipinski definition) is 10. The fraction of sp³-hybridized carbons (Fsp3) is 0.629. The molecule has 8 atom stereocenters. The highest BCUT2D eigenvalue weighted by Crippen LogP contribution is 2.73. The van der Waals surface area contributed by atoms with Crippen LogP contribution in [0.1, 0.15) is 83.8 Å². The summed E-state index contributed by atoms with van der Waals surface area (Å²) in [6.07, 6.45) is 2.37. The van der Waals surface area contributed by atoms with Gasteiger partial charge in [0, 0.05) is 23.7 Å². The Balaban J connectivity index is 1.42. The SMILES string of the molecule is CCCCC(=O)O[C@]12C(=O)COC3=C(OCc4ccc(CO[N+](=O)[O-])cc4)C(=O)C=C4CC[C@H]5C(C[C@@H]1C)[C@]2(C)C[C@H](O)C5(F)[C@]43C. The maximum atomic E-state index is 18.3. The Morgan fingerprint density at radius 3 is 2.49 bits per heavy atom. The van der Waals surface area contributed by atoms with E-state index in [0.29, 0.717) is 42.4 Å². The summed E-state index contributed by atoms with van der Waals surface area (Å²) in [5.74, 6) is -3.48. The zero-order valence-electron chi connectivity index (χ0n) is 27.2. The molecule has 1 aromatic rings. The van der Waals surface area contributed by atoms with Gasteiger partial charge in [0.15, 0.2) is 23.6 Å². The van der Waals surface area contributed by atoms with Crippen LogP contribution < -0.4 is 0 Å². The summed E-state index contributed by atoms with van der Waals surface area (Å²) in [6, 6.07) is 6.56. The fourth-order valence-electron chi connectivity index (χ4n) is 9.69. The van der Waals surface area contributed by atoms with E-state index in [1.54, 1.807) is 31.2 Å². The molecule has 0 spiro atoms. The lowest BCUT2D eigenvalue weighted by atomic mass is 9.44. The van der Waals surface area contributed by atoms with Crippen molar-refractivity contribution in [2.45, 2.75) is 103 Å². The van der Waals surface area contributed by atoms with Crippen LogP contribution in [0.25, 0.3) is 0 Å². The number of aliphatic hydroxyl groups is 1. The van der Waals surface area contributed by atoms with Gasteiger partial charge in [-0.25, -0.2) is 4.39 Å². The molecule has 254 valence electrons. The van der Waals surface area contributed by atoms with Gasteiger partial charge in [0.05, 0.1) is 11.5 Å². The number of rotatable bonds is 10. The molecule has 1 saturated heterocycles. The van der Waals surface area contributed by atoms with Crippen molar-refractivity contribution < 1.29 is 48.0 Å². The molecule has 0 amide bonds. The highest BCUT2D eigenvalue weighted by Gasteiger charge is 2.79. The lowest BCUT2D eigenvalue weighted by molar-refractivity contribution is -0.763. The second-order valence-electron chi connectivity index (χ2n) is 14.2. The van der Waals surface area contributed by atoms with Crippen LogP contribution in [-0.4, -0.2) is 51.7 Å². The molecule has 6 rings (SSSR count). The summed E-state index contributed by atoms with van der Waals surface area (Å²) in [5.41, 5.74) is -4.90. The van der Waals surface area contributed by atoms with Gasteiger partial charge in [-0.05, 0) is 67.7 Å². The van der Waals surface area contributed by atoms with Gasteiger partial charge in [-0.1, -0.05) is 51.5 Å². The standard InChI is InChI=1S/C35H42FNO10/c1-5-6-7-29(41)47-35-20(2)14-25-24-13-12-23-15-26(38)30(44-17-21-8-10-22(11-9-21)18-46-37(42)43)31(45-19-28(35)40)33(23,4)34(24,36)27(39)16-32(25,35)3/h8-11,15,20,24-25,27,39H,5-7,12-14,16-19H2,1-4H3/t20-,24-,25?,27-,32-,33+,34?,35-/m0/s1. The number of Topliss-reactive ketones (excluding diaryl/α,β-unsaturated/α-hetero) is 1. The zero-order chi connectivity index (χ0) is 33.9. The van der Waals surface area contributed by atoms with E-state index < -0.39 is 69.3 Å². The van der Waals surface area contributed by atoms with E-state index in [1.165, 1.54) is 6.08 Å². The Hall–Kier alpha value is -3.80. The molecule has 1 N–H and O–H groups in total. The number of hydrogen-bond donors (Lipinski definition) is 1. The molecule has 4 fully saturated rings. The number of halogens is 1. The monoisotopic (exact) mass is 655 g/mol. The van der Waals surface area contributed by atoms with E-state index in [-0.39, 0.29) is 43.5 Å². The molecule has 5 aliphatic rings. The second kappa shape index (κ2) is 11.7. The van der Waals surface area contributed by atoms with Gasteiger partial charge >= 0.3 is 5.97 Å². The van der Waals surface area contributed by atoms with Gasteiger partial charge in [0.25, 0.3) is 5.09 Å². The molecule has 0 radical (unpaired) electrons. The molecule has 1 aromatic carbocycles. The first-order valence-corrected chi connectivity index (χ1v) is 16.5. The molecule has 0 aromatic heterocycles. The number of allylic oxidation sites excluding steroid dienone is 2. The van der Waals surface area contributed by atoms with Crippen LogP contribution in [0.5, 0.6) is 0 Å². The Morgan fingerprint density at radius 1 is 1.15 bits per heavy atom. The molecule has 4 aliphatic carbocycles. The highest BCUT2D eigenvalue weighted by molar-refractivity contribution is 6.05. The summed E-state index contributed by atoms with van der Waals surface area (Å²) in [7, 11) is 0. The Labute approximate surface area is 272 Å². The number of carbonyl (C=O) groups is 3. The normalized spacial score (nSPS) is 37.2. The maximum Gasteiger partial charge on any atom is 0.306 e. The van der Waals surface area contributed by atoms with Crippen molar-refractivity contribution in [3.05, 3.63) is 68.7 Å². The first kappa shape index (κ1) is 33.1. The van der Waals surface area contributed by atoms with E-state index in [9.17, 15) is 29.6 Å². The van der Waals surface area contributed by atoms with Crippen LogP contribution >= 0.6 is 0 Å². The number of unbranched alkanes of at least 4 members (excludes halogenated alkanes) is 1. The number of ether oxygens (including phenoxy) is 3. The third-order valence-corrected chi connectivity index (χ3v) is 11.9. The molecule has 11 nitrogen and oxygen atoms in total. The quantitative estimate of drug-likeness (QED) is 0.201. The van der Waals surface area contributed by atoms with Gasteiger partial charge in [0.1, 0.15) is 13.2 Å². The topological polar surface area (TPSA) is 152 Å². The van der Waals surface area contributed by atoms with Crippen molar-refractivity contribution in [3.63, 3.8) is 0 Å². The van der Waals surface area contributed by atoms with Gasteiger partial charge in [-0.15, -0.1) is 10.1 Å². The smallest absolute Gasteiger partial charge is 0.306 e. The summed E-state index contributed by atoms with van der Waals surface area (Å²) < 4.78 is 36.9. The number of aliphatic hydroxyl groups excluding tert-OH is 1. The molecule has 2 unspecified atom stereocenters. The van der Waals surface area contributed by atoms with E-state index in [0.717, 1.165) is 6.42 Å². The molecule has 47 heavy (non-hydrogen) atoms. The summed E-state index contributed by atoms with van der Waals surface area (Å²) in [5, 5.41) is 21.6. The second-order valence-corrected chi connectivity index (χ2v) is 14.2. The average molecular weight is 656 g/mol. The summed E-state index contributed by atoms with van der Waals surface area (Å²) in [6.45, 7) is 6.36. The maximum absolute atomic E-state index is 18.3. The Kier molecular flexibility index (Phi) is 8.25. The fourth-order valence-corrected chi connectivity index (χ4v) is 9.69. The zero-order valence-corrected chi connectivity index (χ0v) is 27.2. The van der Waals surface area contributed by atoms with Crippen LogP contribution in [0.15, 0.2) is 47.4 Å². The minimum Gasteiger partial charge on any atom is -0.485 e. The molecular weight excluding hydrogens is 613 g/mol. The summed E-state index contributed by atoms with van der Waals surface area (Å²) >= 11 is 0. The largest absolute Gasteiger partial charge is 0.485 e. The first-order valence-electron chi connectivity index (χ1n) is 16.5. The number of nitrogens with zero attached hydrogens (tertiary/aromatic N) is 1. The van der Waals surface area contributed by atoms with Crippen molar-refractivity contribution in [3.8, 4) is 0 Å². The Bertz CT molecular complexity index is 1560. The third-order valence-electron chi connectivity index (χ3n) is 11.9. The number of ketones is 2. The third kappa shape index (κ3) is 4.72. The van der Waals surface area contributed by atoms with Crippen molar-refractivity contribution in [2.24, 2.45) is 28.6 Å². The lowest BCUT2D eigenvalue weighted by Crippen LogP contribution is -2.71. The van der Waals surface area contributed by atoms with E-state index >= 15 is 4.39 Å². The molecule has 6 bridgehead atoms. The number of carbonyl (C=O) groups excluding carboxylic acids is 3. The molecule has 1 aliphatic heterocycles.